The molecule has 8 nitrogen and oxygen atoms in total. The molecule has 0 fully saturated rings. The number of fused-ring (bicyclic) bond motifs is 2. The Balaban J connectivity index is 1.52. The first-order chi connectivity index (χ1) is 14.6. The van der Waals surface area contributed by atoms with Gasteiger partial charge in [-0.15, -0.1) is 11.3 Å². The highest BCUT2D eigenvalue weighted by Crippen LogP contribution is 2.25. The Kier molecular flexibility index (Phi) is 4.04. The number of nitrogens with zero attached hydrogens (tertiary/aromatic N) is 3. The van der Waals surface area contributed by atoms with Crippen molar-refractivity contribution in [1.82, 2.24) is 14.4 Å². The van der Waals surface area contributed by atoms with Gasteiger partial charge in [0.05, 0.1) is 23.0 Å². The Hall–Kier alpha value is -4.11. The van der Waals surface area contributed by atoms with E-state index in [1.807, 2.05) is 30.3 Å². The Labute approximate surface area is 172 Å². The van der Waals surface area contributed by atoms with Gasteiger partial charge in [-0.25, -0.2) is 9.78 Å². The predicted octanol–water partition coefficient (Wildman–Crippen LogP) is 2.79. The van der Waals surface area contributed by atoms with Crippen molar-refractivity contribution in [1.29, 1.82) is 0 Å². The summed E-state index contributed by atoms with van der Waals surface area (Å²) in [5.74, 6) is -2.67. The molecule has 0 bridgehead atoms. The number of carbonyl (C=O) groups is 3. The van der Waals surface area contributed by atoms with Crippen molar-refractivity contribution >= 4 is 34.1 Å². The van der Waals surface area contributed by atoms with Crippen LogP contribution in [0.15, 0.2) is 71.0 Å². The summed E-state index contributed by atoms with van der Waals surface area (Å²) < 4.78 is 1.30. The van der Waals surface area contributed by atoms with Crippen LogP contribution in [0.1, 0.15) is 31.1 Å². The van der Waals surface area contributed by atoms with E-state index in [1.165, 1.54) is 27.9 Å². The number of thiazole rings is 1. The van der Waals surface area contributed by atoms with Gasteiger partial charge in [-0.1, -0.05) is 47.5 Å². The van der Waals surface area contributed by atoms with E-state index in [4.69, 9.17) is 4.84 Å². The summed E-state index contributed by atoms with van der Waals surface area (Å²) in [4.78, 5) is 60.0. The predicted molar refractivity (Wildman–Crippen MR) is 107 cm³/mol. The average molecular weight is 417 g/mol. The van der Waals surface area contributed by atoms with E-state index in [0.717, 1.165) is 11.8 Å². The van der Waals surface area contributed by atoms with Gasteiger partial charge in [-0.2, -0.15) is 0 Å². The second kappa shape index (κ2) is 6.75. The number of benzene rings is 2. The van der Waals surface area contributed by atoms with E-state index in [9.17, 15) is 19.2 Å². The molecule has 2 aromatic carbocycles. The molecule has 1 aliphatic rings. The fourth-order valence-corrected chi connectivity index (χ4v) is 4.08. The van der Waals surface area contributed by atoms with Gasteiger partial charge in [0.15, 0.2) is 4.96 Å². The zero-order valence-corrected chi connectivity index (χ0v) is 16.0. The second-order valence-corrected chi connectivity index (χ2v) is 7.25. The number of amides is 2. The number of hydrogen-bond donors (Lipinski definition) is 0. The van der Waals surface area contributed by atoms with Gasteiger partial charge in [0.2, 0.25) is 0 Å². The first-order valence-corrected chi connectivity index (χ1v) is 9.69. The first kappa shape index (κ1) is 18.0. The van der Waals surface area contributed by atoms with E-state index in [1.54, 1.807) is 17.5 Å². The van der Waals surface area contributed by atoms with Gasteiger partial charge in [-0.3, -0.25) is 18.8 Å². The number of aromatic nitrogens is 2. The summed E-state index contributed by atoms with van der Waals surface area (Å²) >= 11 is 1.25. The zero-order chi connectivity index (χ0) is 20.8. The summed E-state index contributed by atoms with van der Waals surface area (Å²) in [6, 6.07) is 15.3. The van der Waals surface area contributed by atoms with Gasteiger partial charge in [0, 0.05) is 5.38 Å². The fourth-order valence-electron chi connectivity index (χ4n) is 3.23. The van der Waals surface area contributed by atoms with Crippen LogP contribution in [0.2, 0.25) is 0 Å². The van der Waals surface area contributed by atoms with Crippen LogP contribution < -0.4 is 5.56 Å². The third kappa shape index (κ3) is 2.64. The lowest BCUT2D eigenvalue weighted by atomic mass is 10.1. The molecule has 0 unspecified atom stereocenters. The molecule has 0 spiro atoms. The molecule has 0 atom stereocenters. The average Bonchev–Trinajstić information content (AvgIpc) is 3.31. The maximum absolute atomic E-state index is 13.0. The highest BCUT2D eigenvalue weighted by molar-refractivity contribution is 7.15. The van der Waals surface area contributed by atoms with E-state index in [-0.39, 0.29) is 16.7 Å². The molecule has 2 aromatic heterocycles. The van der Waals surface area contributed by atoms with Crippen LogP contribution in [0.3, 0.4) is 0 Å². The third-order valence-electron chi connectivity index (χ3n) is 4.67. The standard InChI is InChI=1S/C21H11N3O5S/c25-17-15(10-22-21-23(17)16(11-30-21)12-6-2-1-3-7-12)20(28)29-24-18(26)13-8-4-5-9-14(13)19(24)27/h1-11H. The molecular formula is C21H11N3O5S. The summed E-state index contributed by atoms with van der Waals surface area (Å²) in [6.07, 6.45) is 1.09. The van der Waals surface area contributed by atoms with Gasteiger partial charge in [0.25, 0.3) is 17.4 Å². The summed E-state index contributed by atoms with van der Waals surface area (Å²) in [5, 5.41) is 2.13. The molecule has 30 heavy (non-hydrogen) atoms. The van der Waals surface area contributed by atoms with E-state index in [0.29, 0.717) is 15.7 Å². The van der Waals surface area contributed by atoms with Crippen LogP contribution in [-0.2, 0) is 4.84 Å². The normalized spacial score (nSPS) is 13.0. The quantitative estimate of drug-likeness (QED) is 0.476. The van der Waals surface area contributed by atoms with Crippen LogP contribution >= 0.6 is 11.3 Å². The summed E-state index contributed by atoms with van der Waals surface area (Å²) in [6.45, 7) is 0. The van der Waals surface area contributed by atoms with Crippen molar-refractivity contribution in [3.63, 3.8) is 0 Å². The molecular weight excluding hydrogens is 406 g/mol. The Bertz CT molecular complexity index is 1370. The van der Waals surface area contributed by atoms with Gasteiger partial charge < -0.3 is 4.84 Å². The molecule has 3 heterocycles. The SMILES string of the molecule is O=C(ON1C(=O)c2ccccc2C1=O)c1cnc2scc(-c3ccccc3)n2c1=O. The minimum absolute atomic E-state index is 0.129. The van der Waals surface area contributed by atoms with Gasteiger partial charge in [-0.05, 0) is 17.7 Å². The number of rotatable bonds is 3. The van der Waals surface area contributed by atoms with Gasteiger partial charge >= 0.3 is 5.97 Å². The molecule has 4 aromatic rings. The molecule has 2 amide bonds. The largest absolute Gasteiger partial charge is 0.371 e. The van der Waals surface area contributed by atoms with Crippen LogP contribution in [0.5, 0.6) is 0 Å². The lowest BCUT2D eigenvalue weighted by molar-refractivity contribution is -0.0586. The monoisotopic (exact) mass is 417 g/mol. The molecule has 0 N–H and O–H groups in total. The molecule has 0 saturated heterocycles. The molecule has 5 rings (SSSR count). The van der Waals surface area contributed by atoms with Crippen LogP contribution in [0, 0.1) is 0 Å². The van der Waals surface area contributed by atoms with Crippen LogP contribution in [0.25, 0.3) is 16.2 Å². The highest BCUT2D eigenvalue weighted by Gasteiger charge is 2.39. The molecule has 146 valence electrons. The smallest absolute Gasteiger partial charge is 0.324 e. The minimum Gasteiger partial charge on any atom is -0.324 e. The van der Waals surface area contributed by atoms with Crippen molar-refractivity contribution in [3.8, 4) is 11.3 Å². The van der Waals surface area contributed by atoms with Crippen molar-refractivity contribution in [2.45, 2.75) is 0 Å². The number of imide groups is 1. The fraction of sp³-hybridized carbons (Fsp3) is 0. The lowest BCUT2D eigenvalue weighted by Crippen LogP contribution is -2.35. The minimum atomic E-state index is -1.14. The van der Waals surface area contributed by atoms with E-state index < -0.39 is 23.3 Å². The maximum Gasteiger partial charge on any atom is 0.371 e. The van der Waals surface area contributed by atoms with Gasteiger partial charge in [0.1, 0.15) is 5.56 Å². The molecule has 1 aliphatic heterocycles. The topological polar surface area (TPSA) is 98.0 Å². The lowest BCUT2D eigenvalue weighted by Gasteiger charge is -2.12. The van der Waals surface area contributed by atoms with E-state index >= 15 is 0 Å². The Morgan fingerprint density at radius 2 is 1.53 bits per heavy atom. The van der Waals surface area contributed by atoms with E-state index in [2.05, 4.69) is 4.98 Å². The van der Waals surface area contributed by atoms with Crippen LogP contribution in [-0.4, -0.2) is 32.2 Å². The third-order valence-corrected chi connectivity index (χ3v) is 5.51. The molecule has 0 radical (unpaired) electrons. The van der Waals surface area contributed by atoms with Crippen molar-refractivity contribution in [2.75, 3.05) is 0 Å². The maximum atomic E-state index is 13.0. The molecule has 0 saturated carbocycles. The number of hydroxylamine groups is 2. The first-order valence-electron chi connectivity index (χ1n) is 8.81. The van der Waals surface area contributed by atoms with Crippen molar-refractivity contribution in [3.05, 3.63) is 93.2 Å². The Morgan fingerprint density at radius 3 is 2.20 bits per heavy atom. The highest BCUT2D eigenvalue weighted by atomic mass is 32.1. The number of hydrogen-bond acceptors (Lipinski definition) is 7. The summed E-state index contributed by atoms with van der Waals surface area (Å²) in [5.41, 5.74) is 0.568. The number of carbonyl (C=O) groups excluding carboxylic acids is 3. The second-order valence-electron chi connectivity index (χ2n) is 6.41. The molecule has 0 aliphatic carbocycles. The zero-order valence-electron chi connectivity index (χ0n) is 15.1. The van der Waals surface area contributed by atoms with Crippen molar-refractivity contribution in [2.24, 2.45) is 0 Å². The molecule has 9 heteroatoms. The summed E-state index contributed by atoms with van der Waals surface area (Å²) in [7, 11) is 0. The Morgan fingerprint density at radius 1 is 0.900 bits per heavy atom. The van der Waals surface area contributed by atoms with Crippen LogP contribution in [0.4, 0.5) is 0 Å². The van der Waals surface area contributed by atoms with Crippen molar-refractivity contribution < 1.29 is 19.2 Å².